The largest absolute Gasteiger partial charge is 0.369 e. The van der Waals surface area contributed by atoms with E-state index < -0.39 is 9.84 Å². The zero-order valence-electron chi connectivity index (χ0n) is 18.1. The van der Waals surface area contributed by atoms with Crippen molar-refractivity contribution in [1.29, 1.82) is 0 Å². The summed E-state index contributed by atoms with van der Waals surface area (Å²) in [6, 6.07) is 11.6. The number of sulfone groups is 1. The lowest BCUT2D eigenvalue weighted by Gasteiger charge is -2.41. The molecule has 0 aliphatic carbocycles. The SMILES string of the molecule is C=C(c1cncc2cc[nH]c12)N1CCN(C2c3ccccc3S(=O)(=O)Cc3sccc32)CC1. The number of thiophene rings is 1. The molecule has 33 heavy (non-hydrogen) atoms. The van der Waals surface area contributed by atoms with Gasteiger partial charge in [0.2, 0.25) is 0 Å². The quantitative estimate of drug-likeness (QED) is 0.478. The molecule has 1 N–H and O–H groups in total. The molecule has 1 atom stereocenters. The Labute approximate surface area is 197 Å². The summed E-state index contributed by atoms with van der Waals surface area (Å²) in [7, 11) is -3.36. The average Bonchev–Trinajstić information content (AvgIpc) is 3.47. The molecule has 4 aromatic rings. The average molecular weight is 477 g/mol. The summed E-state index contributed by atoms with van der Waals surface area (Å²) in [6.07, 6.45) is 5.66. The van der Waals surface area contributed by atoms with Gasteiger partial charge >= 0.3 is 0 Å². The molecule has 0 radical (unpaired) electrons. The van der Waals surface area contributed by atoms with E-state index in [4.69, 9.17) is 0 Å². The van der Waals surface area contributed by atoms with E-state index in [1.165, 1.54) is 0 Å². The zero-order valence-corrected chi connectivity index (χ0v) is 19.7. The van der Waals surface area contributed by atoms with Crippen LogP contribution in [0.4, 0.5) is 0 Å². The molecule has 1 fully saturated rings. The van der Waals surface area contributed by atoms with E-state index in [2.05, 4.69) is 32.4 Å². The van der Waals surface area contributed by atoms with E-state index in [-0.39, 0.29) is 11.8 Å². The van der Waals surface area contributed by atoms with E-state index in [9.17, 15) is 8.42 Å². The number of hydrogen-bond acceptors (Lipinski definition) is 6. The molecule has 3 aromatic heterocycles. The lowest BCUT2D eigenvalue weighted by Crippen LogP contribution is -2.47. The van der Waals surface area contributed by atoms with Crippen LogP contribution in [0.15, 0.2) is 71.8 Å². The van der Waals surface area contributed by atoms with Crippen LogP contribution in [-0.2, 0) is 15.6 Å². The molecular weight excluding hydrogens is 452 g/mol. The molecule has 0 spiro atoms. The molecule has 1 saturated heterocycles. The van der Waals surface area contributed by atoms with Crippen LogP contribution in [0.2, 0.25) is 0 Å². The first kappa shape index (κ1) is 20.7. The fourth-order valence-corrected chi connectivity index (χ4v) is 8.05. The standard InChI is InChI=1S/C25H24N4O2S2/c1-17(21-15-26-14-18-6-8-27-24(18)21)28-9-11-29(12-10-28)25-19-7-13-32-22(19)16-33(30,31)23-5-3-2-4-20(23)25/h2-8,13-15,25,27H,1,9-12,16H2. The van der Waals surface area contributed by atoms with Crippen molar-refractivity contribution in [1.82, 2.24) is 19.8 Å². The van der Waals surface area contributed by atoms with E-state index in [1.54, 1.807) is 17.4 Å². The van der Waals surface area contributed by atoms with Crippen LogP contribution in [0, 0.1) is 0 Å². The Morgan fingerprint density at radius 2 is 1.88 bits per heavy atom. The van der Waals surface area contributed by atoms with Gasteiger partial charge in [-0.05, 0) is 34.7 Å². The first-order valence-corrected chi connectivity index (χ1v) is 13.5. The number of hydrogen-bond donors (Lipinski definition) is 1. The number of nitrogens with zero attached hydrogens (tertiary/aromatic N) is 3. The molecular formula is C25H24N4O2S2. The van der Waals surface area contributed by atoms with Gasteiger partial charge in [-0.15, -0.1) is 11.3 Å². The normalized spacial score (nSPS) is 20.2. The lowest BCUT2D eigenvalue weighted by molar-refractivity contribution is 0.144. The number of fused-ring (bicyclic) bond motifs is 3. The Balaban J connectivity index is 1.30. The summed E-state index contributed by atoms with van der Waals surface area (Å²) in [5, 5.41) is 3.09. The maximum absolute atomic E-state index is 13.1. The minimum absolute atomic E-state index is 0.0522. The molecule has 2 aliphatic heterocycles. The van der Waals surface area contributed by atoms with Crippen LogP contribution in [-0.4, -0.2) is 54.4 Å². The molecule has 0 amide bonds. The highest BCUT2D eigenvalue weighted by molar-refractivity contribution is 7.90. The lowest BCUT2D eigenvalue weighted by atomic mass is 9.97. The predicted molar refractivity (Wildman–Crippen MR) is 132 cm³/mol. The first-order valence-electron chi connectivity index (χ1n) is 11.0. The van der Waals surface area contributed by atoms with Crippen LogP contribution in [0.1, 0.15) is 27.6 Å². The van der Waals surface area contributed by atoms with Gasteiger partial charge in [0.1, 0.15) is 0 Å². The van der Waals surface area contributed by atoms with Crippen LogP contribution in [0.25, 0.3) is 16.6 Å². The molecule has 2 aliphatic rings. The predicted octanol–water partition coefficient (Wildman–Crippen LogP) is 4.29. The van der Waals surface area contributed by atoms with Gasteiger partial charge in [-0.2, -0.15) is 0 Å². The van der Waals surface area contributed by atoms with Crippen LogP contribution in [0.5, 0.6) is 0 Å². The van der Waals surface area contributed by atoms with Gasteiger partial charge in [-0.25, -0.2) is 8.42 Å². The van der Waals surface area contributed by atoms with Crippen molar-refractivity contribution in [2.75, 3.05) is 26.2 Å². The molecule has 8 heteroatoms. The van der Waals surface area contributed by atoms with Gasteiger partial charge < -0.3 is 9.88 Å². The van der Waals surface area contributed by atoms with Crippen LogP contribution in [0.3, 0.4) is 0 Å². The highest BCUT2D eigenvalue weighted by atomic mass is 32.2. The molecule has 5 heterocycles. The maximum atomic E-state index is 13.1. The Morgan fingerprint density at radius 1 is 1.06 bits per heavy atom. The second-order valence-electron chi connectivity index (χ2n) is 8.60. The number of aromatic nitrogens is 2. The van der Waals surface area contributed by atoms with Gasteiger partial charge in [-0.3, -0.25) is 9.88 Å². The second-order valence-corrected chi connectivity index (χ2v) is 11.6. The number of aromatic amines is 1. The van der Waals surface area contributed by atoms with Crippen molar-refractivity contribution in [3.8, 4) is 0 Å². The minimum atomic E-state index is -3.36. The summed E-state index contributed by atoms with van der Waals surface area (Å²) in [5.41, 5.74) is 5.07. The fourth-order valence-electron chi connectivity index (χ4n) is 5.13. The maximum Gasteiger partial charge on any atom is 0.183 e. The Morgan fingerprint density at radius 3 is 2.73 bits per heavy atom. The molecule has 168 valence electrons. The van der Waals surface area contributed by atoms with E-state index in [0.29, 0.717) is 4.90 Å². The van der Waals surface area contributed by atoms with Gasteiger partial charge in [-0.1, -0.05) is 24.8 Å². The smallest absolute Gasteiger partial charge is 0.183 e. The van der Waals surface area contributed by atoms with E-state index >= 15 is 0 Å². The summed E-state index contributed by atoms with van der Waals surface area (Å²) in [5.74, 6) is 0.0808. The zero-order chi connectivity index (χ0) is 22.6. The molecule has 1 unspecified atom stereocenters. The second kappa shape index (κ2) is 7.83. The van der Waals surface area contributed by atoms with Crippen molar-refractivity contribution in [3.63, 3.8) is 0 Å². The van der Waals surface area contributed by atoms with Crippen molar-refractivity contribution < 1.29 is 8.42 Å². The minimum Gasteiger partial charge on any atom is -0.369 e. The van der Waals surface area contributed by atoms with Gasteiger partial charge in [0.05, 0.1) is 22.2 Å². The highest BCUT2D eigenvalue weighted by Gasteiger charge is 2.36. The molecule has 0 saturated carbocycles. The number of benzene rings is 1. The Kier molecular flexibility index (Phi) is 4.90. The Bertz CT molecular complexity index is 1460. The molecule has 1 aromatic carbocycles. The van der Waals surface area contributed by atoms with Crippen molar-refractivity contribution in [2.45, 2.75) is 16.7 Å². The van der Waals surface area contributed by atoms with Gasteiger partial charge in [0, 0.05) is 66.3 Å². The molecule has 6 rings (SSSR count). The van der Waals surface area contributed by atoms with Gasteiger partial charge in [0.25, 0.3) is 0 Å². The van der Waals surface area contributed by atoms with E-state index in [1.807, 2.05) is 48.2 Å². The van der Waals surface area contributed by atoms with Crippen LogP contribution >= 0.6 is 11.3 Å². The number of pyridine rings is 1. The number of piperazine rings is 1. The third kappa shape index (κ3) is 3.40. The van der Waals surface area contributed by atoms with Crippen molar-refractivity contribution in [2.24, 2.45) is 0 Å². The third-order valence-corrected chi connectivity index (χ3v) is 9.61. The summed E-state index contributed by atoms with van der Waals surface area (Å²) in [4.78, 5) is 13.8. The first-order chi connectivity index (χ1) is 16.0. The fraction of sp³-hybridized carbons (Fsp3) is 0.240. The topological polar surface area (TPSA) is 69.3 Å². The number of nitrogens with one attached hydrogen (secondary N) is 1. The summed E-state index contributed by atoms with van der Waals surface area (Å²) in [6.45, 7) is 7.67. The Hall–Kier alpha value is -2.94. The van der Waals surface area contributed by atoms with Gasteiger partial charge in [0.15, 0.2) is 9.84 Å². The number of H-pyrrole nitrogens is 1. The van der Waals surface area contributed by atoms with Crippen molar-refractivity contribution in [3.05, 3.63) is 88.5 Å². The van der Waals surface area contributed by atoms with E-state index in [0.717, 1.165) is 64.3 Å². The third-order valence-electron chi connectivity index (χ3n) is 6.78. The number of rotatable bonds is 3. The van der Waals surface area contributed by atoms with Crippen molar-refractivity contribution >= 4 is 37.8 Å². The summed E-state index contributed by atoms with van der Waals surface area (Å²) < 4.78 is 26.2. The monoisotopic (exact) mass is 476 g/mol. The highest BCUT2D eigenvalue weighted by Crippen LogP contribution is 2.42. The molecule has 6 nitrogen and oxygen atoms in total. The summed E-state index contributed by atoms with van der Waals surface area (Å²) >= 11 is 1.54. The molecule has 0 bridgehead atoms. The van der Waals surface area contributed by atoms with Crippen LogP contribution < -0.4 is 0 Å².